The fraction of sp³-hybridized carbons (Fsp3) is 0.929. The fourth-order valence-electron chi connectivity index (χ4n) is 1.09. The van der Waals surface area contributed by atoms with Gasteiger partial charge in [0.25, 0.3) is 0 Å². The number of aliphatic imine (C=N–C) groups is 1. The number of rotatable bonds is 5. The minimum atomic E-state index is 0.240. The van der Waals surface area contributed by atoms with Gasteiger partial charge in [0.2, 0.25) is 0 Å². The Kier molecular flexibility index (Phi) is 7.24. The van der Waals surface area contributed by atoms with E-state index in [1.54, 1.807) is 0 Å². The third-order valence-electron chi connectivity index (χ3n) is 2.07. The quantitative estimate of drug-likeness (QED) is 0.573. The van der Waals surface area contributed by atoms with Crippen LogP contribution in [0, 0.1) is 17.3 Å². The number of hydrogen-bond acceptors (Lipinski definition) is 1. The molecule has 0 bridgehead atoms. The van der Waals surface area contributed by atoms with Crippen molar-refractivity contribution >= 4 is 5.96 Å². The zero-order valence-electron chi connectivity index (χ0n) is 12.7. The van der Waals surface area contributed by atoms with Gasteiger partial charge in [-0.1, -0.05) is 48.5 Å². The van der Waals surface area contributed by atoms with E-state index in [2.05, 4.69) is 64.1 Å². The van der Waals surface area contributed by atoms with Crippen molar-refractivity contribution in [1.29, 1.82) is 0 Å². The molecule has 0 aromatic carbocycles. The van der Waals surface area contributed by atoms with Crippen LogP contribution in [0.4, 0.5) is 0 Å². The lowest BCUT2D eigenvalue weighted by atomic mass is 9.97. The molecule has 0 aliphatic carbocycles. The zero-order chi connectivity index (χ0) is 13.5. The average Bonchev–Trinajstić information content (AvgIpc) is 2.14. The molecule has 0 spiro atoms. The Morgan fingerprint density at radius 1 is 0.941 bits per heavy atom. The topological polar surface area (TPSA) is 36.4 Å². The Hall–Kier alpha value is -0.730. The fourth-order valence-corrected chi connectivity index (χ4v) is 1.09. The van der Waals surface area contributed by atoms with Gasteiger partial charge >= 0.3 is 0 Å². The lowest BCUT2D eigenvalue weighted by Crippen LogP contribution is -2.41. The van der Waals surface area contributed by atoms with Gasteiger partial charge in [-0.25, -0.2) is 0 Å². The van der Waals surface area contributed by atoms with Crippen LogP contribution >= 0.6 is 0 Å². The van der Waals surface area contributed by atoms with Gasteiger partial charge in [0, 0.05) is 19.6 Å². The summed E-state index contributed by atoms with van der Waals surface area (Å²) in [6, 6.07) is 0. The molecule has 0 atom stereocenters. The van der Waals surface area contributed by atoms with E-state index in [0.717, 1.165) is 25.6 Å². The first kappa shape index (κ1) is 16.3. The molecule has 0 unspecified atom stereocenters. The molecule has 17 heavy (non-hydrogen) atoms. The Labute approximate surface area is 107 Å². The molecule has 0 aromatic heterocycles. The summed E-state index contributed by atoms with van der Waals surface area (Å²) >= 11 is 0. The minimum absolute atomic E-state index is 0.240. The first-order valence-corrected chi connectivity index (χ1v) is 6.73. The lowest BCUT2D eigenvalue weighted by molar-refractivity contribution is 0.427. The first-order valence-electron chi connectivity index (χ1n) is 6.73. The van der Waals surface area contributed by atoms with E-state index in [0.29, 0.717) is 11.8 Å². The summed E-state index contributed by atoms with van der Waals surface area (Å²) in [6.45, 7) is 18.2. The van der Waals surface area contributed by atoms with E-state index in [1.807, 2.05) is 0 Å². The molecule has 0 saturated carbocycles. The van der Waals surface area contributed by atoms with Crippen molar-refractivity contribution in [2.24, 2.45) is 22.2 Å². The molecule has 3 nitrogen and oxygen atoms in total. The smallest absolute Gasteiger partial charge is 0.191 e. The molecule has 0 heterocycles. The van der Waals surface area contributed by atoms with Gasteiger partial charge in [-0.2, -0.15) is 0 Å². The molecule has 2 N–H and O–H groups in total. The molecule has 0 fully saturated rings. The summed E-state index contributed by atoms with van der Waals surface area (Å²) < 4.78 is 0. The van der Waals surface area contributed by atoms with Gasteiger partial charge in [-0.05, 0) is 17.3 Å². The summed E-state index contributed by atoms with van der Waals surface area (Å²) in [4.78, 5) is 4.63. The summed E-state index contributed by atoms with van der Waals surface area (Å²) in [7, 11) is 0. The predicted octanol–water partition coefficient (Wildman–Crippen LogP) is 2.88. The van der Waals surface area contributed by atoms with E-state index in [4.69, 9.17) is 0 Å². The Balaban J connectivity index is 4.28. The summed E-state index contributed by atoms with van der Waals surface area (Å²) in [5.74, 6) is 2.22. The highest BCUT2D eigenvalue weighted by Gasteiger charge is 2.10. The van der Waals surface area contributed by atoms with E-state index in [1.165, 1.54) is 0 Å². The maximum atomic E-state index is 4.63. The molecule has 0 amide bonds. The van der Waals surface area contributed by atoms with E-state index < -0.39 is 0 Å². The highest BCUT2D eigenvalue weighted by molar-refractivity contribution is 5.79. The maximum Gasteiger partial charge on any atom is 0.191 e. The minimum Gasteiger partial charge on any atom is -0.356 e. The van der Waals surface area contributed by atoms with Crippen molar-refractivity contribution in [3.63, 3.8) is 0 Å². The average molecular weight is 241 g/mol. The third kappa shape index (κ3) is 11.5. The zero-order valence-corrected chi connectivity index (χ0v) is 12.7. The highest BCUT2D eigenvalue weighted by Crippen LogP contribution is 2.12. The van der Waals surface area contributed by atoms with Crippen molar-refractivity contribution in [1.82, 2.24) is 10.6 Å². The highest BCUT2D eigenvalue weighted by atomic mass is 15.2. The Bertz CT molecular complexity index is 210. The van der Waals surface area contributed by atoms with E-state index >= 15 is 0 Å². The molecule has 0 aromatic rings. The van der Waals surface area contributed by atoms with Crippen molar-refractivity contribution in [3.05, 3.63) is 0 Å². The molecular weight excluding hydrogens is 210 g/mol. The first-order chi connectivity index (χ1) is 7.70. The lowest BCUT2D eigenvalue weighted by Gasteiger charge is -2.19. The van der Waals surface area contributed by atoms with E-state index in [9.17, 15) is 0 Å². The van der Waals surface area contributed by atoms with Crippen molar-refractivity contribution in [3.8, 4) is 0 Å². The van der Waals surface area contributed by atoms with Crippen LogP contribution in [-0.2, 0) is 0 Å². The van der Waals surface area contributed by atoms with Crippen LogP contribution in [0.1, 0.15) is 48.5 Å². The number of nitrogens with zero attached hydrogens (tertiary/aromatic N) is 1. The van der Waals surface area contributed by atoms with Crippen LogP contribution < -0.4 is 10.6 Å². The third-order valence-corrected chi connectivity index (χ3v) is 2.07. The Morgan fingerprint density at radius 3 is 1.65 bits per heavy atom. The van der Waals surface area contributed by atoms with Gasteiger partial charge < -0.3 is 10.6 Å². The molecule has 0 aliphatic rings. The predicted molar refractivity (Wildman–Crippen MR) is 77.4 cm³/mol. The largest absolute Gasteiger partial charge is 0.356 e. The monoisotopic (exact) mass is 241 g/mol. The molecule has 0 radical (unpaired) electrons. The van der Waals surface area contributed by atoms with Crippen LogP contribution in [0.25, 0.3) is 0 Å². The standard InChI is InChI=1S/C14H31N3/c1-11(2)8-15-13(16-9-12(3)4)17-10-14(5,6)7/h11-12H,8-10H2,1-7H3,(H2,15,16,17). The maximum absolute atomic E-state index is 4.63. The van der Waals surface area contributed by atoms with Crippen LogP contribution in [0.2, 0.25) is 0 Å². The SMILES string of the molecule is CC(C)CNC(=NCC(C)(C)C)NCC(C)C. The van der Waals surface area contributed by atoms with Crippen LogP contribution in [-0.4, -0.2) is 25.6 Å². The summed E-state index contributed by atoms with van der Waals surface area (Å²) in [6.07, 6.45) is 0. The Morgan fingerprint density at radius 2 is 1.35 bits per heavy atom. The van der Waals surface area contributed by atoms with Gasteiger partial charge in [-0.3, -0.25) is 4.99 Å². The van der Waals surface area contributed by atoms with Gasteiger partial charge in [0.05, 0.1) is 0 Å². The second kappa shape index (κ2) is 7.57. The van der Waals surface area contributed by atoms with Gasteiger partial charge in [0.1, 0.15) is 0 Å². The number of guanidine groups is 1. The molecule has 3 heteroatoms. The summed E-state index contributed by atoms with van der Waals surface area (Å²) in [5, 5.41) is 6.77. The number of nitrogens with one attached hydrogen (secondary N) is 2. The normalized spacial score (nSPS) is 11.8. The van der Waals surface area contributed by atoms with Gasteiger partial charge in [0.15, 0.2) is 5.96 Å². The molecule has 0 saturated heterocycles. The van der Waals surface area contributed by atoms with Crippen molar-refractivity contribution in [2.75, 3.05) is 19.6 Å². The van der Waals surface area contributed by atoms with Crippen LogP contribution in [0.15, 0.2) is 4.99 Å². The van der Waals surface area contributed by atoms with Crippen molar-refractivity contribution in [2.45, 2.75) is 48.5 Å². The number of hydrogen-bond donors (Lipinski definition) is 2. The van der Waals surface area contributed by atoms with Gasteiger partial charge in [-0.15, -0.1) is 0 Å². The van der Waals surface area contributed by atoms with Crippen molar-refractivity contribution < 1.29 is 0 Å². The second-order valence-electron chi connectivity index (χ2n) is 6.77. The van der Waals surface area contributed by atoms with Crippen LogP contribution in [0.5, 0.6) is 0 Å². The molecule has 0 aliphatic heterocycles. The van der Waals surface area contributed by atoms with Crippen LogP contribution in [0.3, 0.4) is 0 Å². The molecule has 0 rings (SSSR count). The van der Waals surface area contributed by atoms with E-state index in [-0.39, 0.29) is 5.41 Å². The summed E-state index contributed by atoms with van der Waals surface area (Å²) in [5.41, 5.74) is 0.240. The molecular formula is C14H31N3. The second-order valence-corrected chi connectivity index (χ2v) is 6.77. The molecule has 102 valence electrons.